The minimum Gasteiger partial charge on any atom is -0.508 e. The highest BCUT2D eigenvalue weighted by molar-refractivity contribution is 6.31. The number of ether oxygens (including phenoxy) is 1. The van der Waals surface area contributed by atoms with Crippen LogP contribution < -0.4 is 31.3 Å². The summed E-state index contributed by atoms with van der Waals surface area (Å²) in [6.45, 7) is 6.71. The zero-order chi connectivity index (χ0) is 46.9. The fourth-order valence-corrected chi connectivity index (χ4v) is 6.47. The number of hydrogen-bond acceptors (Lipinski definition) is 10. The van der Waals surface area contributed by atoms with E-state index in [0.717, 1.165) is 33.6 Å². The summed E-state index contributed by atoms with van der Waals surface area (Å²) in [4.78, 5) is 59.1. The Kier molecular flexibility index (Phi) is 15.4. The monoisotopic (exact) mass is 903 g/mol. The molecule has 8 N–H and O–H groups in total. The van der Waals surface area contributed by atoms with Crippen molar-refractivity contribution < 1.29 is 47.3 Å². The quantitative estimate of drug-likeness (QED) is 0.0320. The van der Waals surface area contributed by atoms with Crippen LogP contribution in [0, 0.1) is 5.41 Å². The number of nitrogens with one attached hydrogen (secondary N) is 4. The van der Waals surface area contributed by atoms with Gasteiger partial charge in [0, 0.05) is 62.9 Å². The maximum atomic E-state index is 13.4. The SMILES string of the molecule is CCN(CCNCc1ccc(N(C(=N)c2cc(C(C)C)c(O)cc2O)C(N)=O)cc1)C(=O)N(C)C(=O)c1cc(Oc2ccc(NC(=O)Nc3ccc(Cl)c(C(F)(F)F)c3)cc2)ccn1. The summed E-state index contributed by atoms with van der Waals surface area (Å²) in [6, 6.07) is 18.8. The molecule has 1 heterocycles. The molecular weight excluding hydrogens is 859 g/mol. The number of halogens is 4. The fraction of sp³-hybridized carbons (Fsp3) is 0.227. The number of primary amides is 1. The van der Waals surface area contributed by atoms with Crippen LogP contribution in [0.5, 0.6) is 23.0 Å². The number of hydrogen-bond donors (Lipinski definition) is 7. The summed E-state index contributed by atoms with van der Waals surface area (Å²) >= 11 is 5.64. The summed E-state index contributed by atoms with van der Waals surface area (Å²) in [5.41, 5.74) is 6.26. The standard InChI is InChI=1S/C44H45ClF3N9O7/c1-5-56(19-18-51-24-26-6-11-29(12-7-26)57(41(50)61)39(49)33-22-32(25(2)3)37(58)23-38(33)59)43(63)55(4)40(60)36-21-31(16-17-52-36)64-30-13-8-27(9-14-30)53-42(62)54-28-10-15-35(45)34(20-28)44(46,47)48/h6-17,20-23,25,49,51,58-59H,5,18-19,24H2,1-4H3,(H2,50,61)(H2,53,54,62). The van der Waals surface area contributed by atoms with Crippen molar-refractivity contribution in [1.29, 1.82) is 5.41 Å². The lowest BCUT2D eigenvalue weighted by atomic mass is 9.98. The third-order valence-corrected chi connectivity index (χ3v) is 9.95. The molecule has 0 fully saturated rings. The molecule has 0 aliphatic heterocycles. The van der Waals surface area contributed by atoms with E-state index >= 15 is 0 Å². The van der Waals surface area contributed by atoms with Crippen LogP contribution in [0.25, 0.3) is 0 Å². The highest BCUT2D eigenvalue weighted by Crippen LogP contribution is 2.37. The Morgan fingerprint density at radius 1 is 0.891 bits per heavy atom. The first-order chi connectivity index (χ1) is 30.3. The molecular formula is C44H45ClF3N9O7. The number of carbonyl (C=O) groups is 4. The third-order valence-electron chi connectivity index (χ3n) is 9.62. The van der Waals surface area contributed by atoms with E-state index in [1.165, 1.54) is 66.7 Å². The molecule has 0 radical (unpaired) electrons. The number of amidine groups is 1. The molecule has 0 spiro atoms. The van der Waals surface area contributed by atoms with Gasteiger partial charge < -0.3 is 41.5 Å². The van der Waals surface area contributed by atoms with E-state index in [1.807, 2.05) is 13.8 Å². The molecule has 7 amide bonds. The second-order valence-electron chi connectivity index (χ2n) is 14.4. The number of aromatic nitrogens is 1. The number of likely N-dealkylation sites (N-methyl/N-ethyl adjacent to an activating group) is 1. The van der Waals surface area contributed by atoms with E-state index in [1.54, 1.807) is 31.2 Å². The Balaban J connectivity index is 1.11. The minimum absolute atomic E-state index is 0.0181. The van der Waals surface area contributed by atoms with Gasteiger partial charge in [0.1, 0.15) is 34.5 Å². The van der Waals surface area contributed by atoms with Gasteiger partial charge in [-0.15, -0.1) is 0 Å². The van der Waals surface area contributed by atoms with E-state index in [9.17, 15) is 42.6 Å². The third kappa shape index (κ3) is 12.0. The molecule has 0 aliphatic carbocycles. The van der Waals surface area contributed by atoms with Gasteiger partial charge in [-0.1, -0.05) is 37.6 Å². The van der Waals surface area contributed by atoms with Crippen molar-refractivity contribution >= 4 is 58.5 Å². The molecule has 0 unspecified atom stereocenters. The molecule has 5 aromatic rings. The second kappa shape index (κ2) is 20.7. The van der Waals surface area contributed by atoms with Gasteiger partial charge in [0.2, 0.25) is 0 Å². The van der Waals surface area contributed by atoms with Crippen LogP contribution in [0.4, 0.5) is 44.6 Å². The number of phenolic OH excluding ortho intramolecular Hbond substituents is 2. The summed E-state index contributed by atoms with van der Waals surface area (Å²) in [5.74, 6) is -1.16. The molecule has 0 saturated carbocycles. The van der Waals surface area contributed by atoms with E-state index in [-0.39, 0.29) is 58.2 Å². The smallest absolute Gasteiger partial charge is 0.417 e. The molecule has 336 valence electrons. The molecule has 0 bridgehead atoms. The number of carbonyl (C=O) groups excluding carboxylic acids is 4. The number of aromatic hydroxyl groups is 2. The number of imide groups is 1. The average Bonchev–Trinajstić information content (AvgIpc) is 3.24. The maximum Gasteiger partial charge on any atom is 0.417 e. The van der Waals surface area contributed by atoms with Crippen molar-refractivity contribution in [2.45, 2.75) is 39.4 Å². The molecule has 16 nitrogen and oxygen atoms in total. The fourth-order valence-electron chi connectivity index (χ4n) is 6.25. The molecule has 64 heavy (non-hydrogen) atoms. The van der Waals surface area contributed by atoms with Crippen molar-refractivity contribution in [3.63, 3.8) is 0 Å². The first kappa shape index (κ1) is 47.7. The summed E-state index contributed by atoms with van der Waals surface area (Å²) < 4.78 is 45.4. The number of amides is 7. The Morgan fingerprint density at radius 3 is 2.17 bits per heavy atom. The zero-order valence-corrected chi connectivity index (χ0v) is 35.7. The largest absolute Gasteiger partial charge is 0.508 e. The second-order valence-corrected chi connectivity index (χ2v) is 14.9. The minimum atomic E-state index is -4.70. The Hall–Kier alpha value is -7.38. The van der Waals surface area contributed by atoms with Crippen molar-refractivity contribution in [2.75, 3.05) is 42.2 Å². The topological polar surface area (TPSA) is 227 Å². The van der Waals surface area contributed by atoms with Gasteiger partial charge in [-0.05, 0) is 90.7 Å². The molecule has 5 rings (SSSR count). The predicted octanol–water partition coefficient (Wildman–Crippen LogP) is 8.94. The van der Waals surface area contributed by atoms with Crippen molar-refractivity contribution in [3.8, 4) is 23.0 Å². The molecule has 1 aromatic heterocycles. The van der Waals surface area contributed by atoms with Crippen LogP contribution in [-0.2, 0) is 12.7 Å². The highest BCUT2D eigenvalue weighted by Gasteiger charge is 2.33. The summed E-state index contributed by atoms with van der Waals surface area (Å²) in [6.07, 6.45) is -3.36. The van der Waals surface area contributed by atoms with Gasteiger partial charge in [-0.3, -0.25) is 20.1 Å². The summed E-state index contributed by atoms with van der Waals surface area (Å²) in [5, 5.41) is 36.9. The van der Waals surface area contributed by atoms with Crippen molar-refractivity contribution in [3.05, 3.63) is 130 Å². The number of urea groups is 3. The van der Waals surface area contributed by atoms with E-state index in [2.05, 4.69) is 20.9 Å². The highest BCUT2D eigenvalue weighted by atomic mass is 35.5. The number of pyridine rings is 1. The number of anilines is 3. The lowest BCUT2D eigenvalue weighted by molar-refractivity contribution is -0.137. The predicted molar refractivity (Wildman–Crippen MR) is 235 cm³/mol. The first-order valence-corrected chi connectivity index (χ1v) is 19.9. The molecule has 0 saturated heterocycles. The lowest BCUT2D eigenvalue weighted by Gasteiger charge is -2.26. The number of alkyl halides is 3. The number of nitrogens with two attached hydrogens (primary N) is 1. The molecule has 0 aliphatic rings. The summed E-state index contributed by atoms with van der Waals surface area (Å²) in [7, 11) is 1.34. The molecule has 20 heteroatoms. The maximum absolute atomic E-state index is 13.4. The number of rotatable bonds is 14. The van der Waals surface area contributed by atoms with Crippen LogP contribution in [0.1, 0.15) is 59.4 Å². The average molecular weight is 904 g/mol. The van der Waals surface area contributed by atoms with Crippen LogP contribution in [0.2, 0.25) is 5.02 Å². The Bertz CT molecular complexity index is 2520. The van der Waals surface area contributed by atoms with Gasteiger partial charge in [-0.25, -0.2) is 19.3 Å². The van der Waals surface area contributed by atoms with E-state index in [4.69, 9.17) is 27.5 Å². The first-order valence-electron chi connectivity index (χ1n) is 19.6. The molecule has 0 atom stereocenters. The van der Waals surface area contributed by atoms with E-state index < -0.39 is 40.8 Å². The lowest BCUT2D eigenvalue weighted by Crippen LogP contribution is -2.46. The van der Waals surface area contributed by atoms with Gasteiger partial charge in [0.25, 0.3) is 5.91 Å². The van der Waals surface area contributed by atoms with Crippen LogP contribution in [-0.4, -0.2) is 81.5 Å². The van der Waals surface area contributed by atoms with Crippen LogP contribution in [0.15, 0.2) is 97.2 Å². The zero-order valence-electron chi connectivity index (χ0n) is 35.0. The van der Waals surface area contributed by atoms with Crippen molar-refractivity contribution in [2.24, 2.45) is 5.73 Å². The molecule has 4 aromatic carbocycles. The van der Waals surface area contributed by atoms with Gasteiger partial charge >= 0.3 is 24.3 Å². The van der Waals surface area contributed by atoms with E-state index in [0.29, 0.717) is 36.6 Å². The van der Waals surface area contributed by atoms with Gasteiger partial charge in [-0.2, -0.15) is 13.2 Å². The Morgan fingerprint density at radius 2 is 1.55 bits per heavy atom. The van der Waals surface area contributed by atoms with Crippen LogP contribution >= 0.6 is 11.6 Å². The Labute approximate surface area is 370 Å². The number of benzene rings is 4. The van der Waals surface area contributed by atoms with Gasteiger partial charge in [0.05, 0.1) is 21.8 Å². The number of phenols is 2. The van der Waals surface area contributed by atoms with Gasteiger partial charge in [0.15, 0.2) is 0 Å². The number of nitrogens with zero attached hydrogens (tertiary/aromatic N) is 4. The normalized spacial score (nSPS) is 11.1. The van der Waals surface area contributed by atoms with Crippen molar-refractivity contribution in [1.82, 2.24) is 20.1 Å². The van der Waals surface area contributed by atoms with Crippen LogP contribution in [0.3, 0.4) is 0 Å².